The molecular formula is C13H21N5O3. The zero-order valence-corrected chi connectivity index (χ0v) is 12.7. The third-order valence-corrected chi connectivity index (χ3v) is 2.95. The van der Waals surface area contributed by atoms with Crippen molar-refractivity contribution in [3.8, 4) is 0 Å². The van der Waals surface area contributed by atoms with E-state index in [1.54, 1.807) is 13.8 Å². The second kappa shape index (κ2) is 7.51. The maximum atomic E-state index is 11.8. The summed E-state index contributed by atoms with van der Waals surface area (Å²) < 4.78 is 0. The van der Waals surface area contributed by atoms with Crippen LogP contribution in [0.15, 0.2) is 0 Å². The number of anilines is 1. The van der Waals surface area contributed by atoms with Gasteiger partial charge in [-0.2, -0.15) is 0 Å². The van der Waals surface area contributed by atoms with Crippen LogP contribution in [-0.2, 0) is 17.6 Å². The predicted octanol–water partition coefficient (Wildman–Crippen LogP) is 1.23. The lowest BCUT2D eigenvalue weighted by atomic mass is 10.1. The molecule has 0 spiro atoms. The third kappa shape index (κ3) is 4.66. The van der Waals surface area contributed by atoms with Crippen molar-refractivity contribution in [1.82, 2.24) is 20.5 Å². The van der Waals surface area contributed by atoms with Crippen molar-refractivity contribution in [3.63, 3.8) is 0 Å². The van der Waals surface area contributed by atoms with Crippen molar-refractivity contribution in [1.29, 1.82) is 0 Å². The molecule has 3 N–H and O–H groups in total. The van der Waals surface area contributed by atoms with Crippen LogP contribution in [0.25, 0.3) is 0 Å². The Hall–Kier alpha value is -2.25. The Morgan fingerprint density at radius 2 is 1.76 bits per heavy atom. The van der Waals surface area contributed by atoms with Gasteiger partial charge < -0.3 is 10.4 Å². The van der Waals surface area contributed by atoms with Gasteiger partial charge in [0.05, 0.1) is 11.4 Å². The van der Waals surface area contributed by atoms with E-state index >= 15 is 0 Å². The van der Waals surface area contributed by atoms with Gasteiger partial charge in [0.25, 0.3) is 5.95 Å². The molecule has 116 valence electrons. The number of rotatable bonds is 6. The van der Waals surface area contributed by atoms with Gasteiger partial charge in [-0.05, 0) is 18.8 Å². The topological polar surface area (TPSA) is 117 Å². The van der Waals surface area contributed by atoms with Crippen LogP contribution in [0.5, 0.6) is 0 Å². The minimum Gasteiger partial charge on any atom is -0.480 e. The van der Waals surface area contributed by atoms with Crippen molar-refractivity contribution in [3.05, 3.63) is 11.4 Å². The second-order valence-electron chi connectivity index (χ2n) is 4.89. The summed E-state index contributed by atoms with van der Waals surface area (Å²) in [6, 6.07) is -1.64. The summed E-state index contributed by atoms with van der Waals surface area (Å²) in [6.45, 7) is 7.31. The number of amides is 2. The van der Waals surface area contributed by atoms with Gasteiger partial charge in [-0.15, -0.1) is 10.2 Å². The Kier molecular flexibility index (Phi) is 6.01. The summed E-state index contributed by atoms with van der Waals surface area (Å²) in [6.07, 6.45) is 1.39. The lowest BCUT2D eigenvalue weighted by Gasteiger charge is -2.17. The van der Waals surface area contributed by atoms with Crippen LogP contribution in [0.2, 0.25) is 0 Å². The van der Waals surface area contributed by atoms with Crippen molar-refractivity contribution in [2.24, 2.45) is 5.92 Å². The molecule has 0 bridgehead atoms. The molecule has 0 aliphatic rings. The maximum Gasteiger partial charge on any atom is 0.326 e. The molecule has 1 atom stereocenters. The number of carbonyl (C=O) groups excluding carboxylic acids is 1. The number of carbonyl (C=O) groups is 2. The molecule has 0 radical (unpaired) electrons. The second-order valence-corrected chi connectivity index (χ2v) is 4.89. The van der Waals surface area contributed by atoms with Gasteiger partial charge in [-0.1, -0.05) is 27.7 Å². The monoisotopic (exact) mass is 295 g/mol. The molecule has 8 nitrogen and oxygen atoms in total. The first-order valence-corrected chi connectivity index (χ1v) is 6.91. The van der Waals surface area contributed by atoms with Crippen LogP contribution in [-0.4, -0.2) is 38.3 Å². The largest absolute Gasteiger partial charge is 0.480 e. The fourth-order valence-electron chi connectivity index (χ4n) is 1.78. The number of urea groups is 1. The number of hydrogen-bond acceptors (Lipinski definition) is 5. The fraction of sp³-hybridized carbons (Fsp3) is 0.615. The number of aromatic nitrogens is 3. The molecule has 1 aromatic rings. The van der Waals surface area contributed by atoms with E-state index in [1.165, 1.54) is 0 Å². The van der Waals surface area contributed by atoms with Crippen molar-refractivity contribution < 1.29 is 14.7 Å². The number of carboxylic acids is 1. The molecule has 2 amide bonds. The molecule has 21 heavy (non-hydrogen) atoms. The lowest BCUT2D eigenvalue weighted by molar-refractivity contribution is -0.140. The van der Waals surface area contributed by atoms with Gasteiger partial charge in [-0.25, -0.2) is 14.6 Å². The van der Waals surface area contributed by atoms with Crippen LogP contribution in [0.1, 0.15) is 39.1 Å². The number of nitrogens with one attached hydrogen (secondary N) is 2. The van der Waals surface area contributed by atoms with E-state index in [1.807, 2.05) is 13.8 Å². The maximum absolute atomic E-state index is 11.8. The van der Waals surface area contributed by atoms with E-state index in [-0.39, 0.29) is 11.9 Å². The molecule has 0 aliphatic heterocycles. The van der Waals surface area contributed by atoms with E-state index in [0.29, 0.717) is 12.8 Å². The highest BCUT2D eigenvalue weighted by molar-refractivity contribution is 5.90. The van der Waals surface area contributed by atoms with Gasteiger partial charge in [0.2, 0.25) is 0 Å². The highest BCUT2D eigenvalue weighted by Crippen LogP contribution is 2.07. The van der Waals surface area contributed by atoms with Crippen LogP contribution in [0, 0.1) is 5.92 Å². The molecule has 8 heteroatoms. The van der Waals surface area contributed by atoms with Gasteiger partial charge in [0.1, 0.15) is 6.04 Å². The number of hydrogen-bond donors (Lipinski definition) is 3. The average Bonchev–Trinajstić information content (AvgIpc) is 2.43. The normalized spacial score (nSPS) is 12.0. The molecule has 0 unspecified atom stereocenters. The Balaban J connectivity index is 2.77. The lowest BCUT2D eigenvalue weighted by Crippen LogP contribution is -2.46. The quantitative estimate of drug-likeness (QED) is 0.726. The van der Waals surface area contributed by atoms with Gasteiger partial charge in [-0.3, -0.25) is 5.32 Å². The van der Waals surface area contributed by atoms with Gasteiger partial charge >= 0.3 is 12.0 Å². The van der Waals surface area contributed by atoms with E-state index in [4.69, 9.17) is 5.11 Å². The highest BCUT2D eigenvalue weighted by Gasteiger charge is 2.23. The number of aliphatic carboxylic acids is 1. The molecule has 0 aromatic carbocycles. The summed E-state index contributed by atoms with van der Waals surface area (Å²) in [5.74, 6) is -1.26. The minimum atomic E-state index is -1.09. The third-order valence-electron chi connectivity index (χ3n) is 2.95. The van der Waals surface area contributed by atoms with Crippen LogP contribution >= 0.6 is 0 Å². The SMILES string of the molecule is CCc1nnc(NC(=O)N[C@H](C(=O)O)C(C)C)nc1CC. The van der Waals surface area contributed by atoms with Crippen LogP contribution in [0.4, 0.5) is 10.7 Å². The first kappa shape index (κ1) is 16.8. The van der Waals surface area contributed by atoms with Gasteiger partial charge in [0, 0.05) is 0 Å². The summed E-state index contributed by atoms with van der Waals surface area (Å²) in [5, 5.41) is 21.6. The Morgan fingerprint density at radius 1 is 1.14 bits per heavy atom. The Bertz CT molecular complexity index is 519. The summed E-state index contributed by atoms with van der Waals surface area (Å²) in [5.41, 5.74) is 1.55. The predicted molar refractivity (Wildman–Crippen MR) is 77.0 cm³/mol. The van der Waals surface area contributed by atoms with Crippen LogP contribution in [0.3, 0.4) is 0 Å². The number of aryl methyl sites for hydroxylation is 2. The van der Waals surface area contributed by atoms with Gasteiger partial charge in [0.15, 0.2) is 0 Å². The fourth-order valence-corrected chi connectivity index (χ4v) is 1.78. The molecule has 0 saturated heterocycles. The molecule has 1 heterocycles. The van der Waals surface area contributed by atoms with Crippen molar-refractivity contribution in [2.75, 3.05) is 5.32 Å². The first-order chi connectivity index (χ1) is 9.88. The molecule has 0 saturated carbocycles. The van der Waals surface area contributed by atoms with E-state index in [0.717, 1.165) is 11.4 Å². The number of carboxylic acid groups (broad SMARTS) is 1. The standard InChI is InChI=1S/C13H21N5O3/c1-5-8-9(6-2)17-18-12(14-8)16-13(21)15-10(7(3)4)11(19)20/h7,10H,5-6H2,1-4H3,(H,19,20)(H2,14,15,16,18,21)/t10-/m0/s1. The smallest absolute Gasteiger partial charge is 0.326 e. The first-order valence-electron chi connectivity index (χ1n) is 6.91. The Morgan fingerprint density at radius 3 is 2.24 bits per heavy atom. The molecule has 0 fully saturated rings. The molecule has 0 aliphatic carbocycles. The zero-order valence-electron chi connectivity index (χ0n) is 12.7. The summed E-state index contributed by atoms with van der Waals surface area (Å²) in [7, 11) is 0. The summed E-state index contributed by atoms with van der Waals surface area (Å²) in [4.78, 5) is 27.0. The average molecular weight is 295 g/mol. The van der Waals surface area contributed by atoms with Crippen molar-refractivity contribution >= 4 is 17.9 Å². The van der Waals surface area contributed by atoms with E-state index < -0.39 is 18.0 Å². The minimum absolute atomic E-state index is 0.0643. The summed E-state index contributed by atoms with van der Waals surface area (Å²) >= 11 is 0. The molecule has 1 aromatic heterocycles. The van der Waals surface area contributed by atoms with E-state index in [9.17, 15) is 9.59 Å². The number of nitrogens with zero attached hydrogens (tertiary/aromatic N) is 3. The Labute approximate surface area is 123 Å². The van der Waals surface area contributed by atoms with Crippen molar-refractivity contribution in [2.45, 2.75) is 46.6 Å². The highest BCUT2D eigenvalue weighted by atomic mass is 16.4. The van der Waals surface area contributed by atoms with E-state index in [2.05, 4.69) is 25.8 Å². The molecule has 1 rings (SSSR count). The van der Waals surface area contributed by atoms with Crippen LogP contribution < -0.4 is 10.6 Å². The zero-order chi connectivity index (χ0) is 16.0. The molecular weight excluding hydrogens is 274 g/mol.